The third kappa shape index (κ3) is 5.40. The van der Waals surface area contributed by atoms with Crippen LogP contribution in [0, 0.1) is 23.1 Å². The number of benzene rings is 1. The third-order valence-electron chi connectivity index (χ3n) is 10.6. The molecule has 3 saturated heterocycles. The summed E-state index contributed by atoms with van der Waals surface area (Å²) >= 11 is 0. The van der Waals surface area contributed by atoms with Gasteiger partial charge in [-0.2, -0.15) is 23.1 Å². The lowest BCUT2D eigenvalue weighted by molar-refractivity contribution is -0.140. The minimum atomic E-state index is -4.90. The van der Waals surface area contributed by atoms with Crippen molar-refractivity contribution in [2.75, 3.05) is 43.4 Å². The second-order valence-electron chi connectivity index (χ2n) is 13.8. The summed E-state index contributed by atoms with van der Waals surface area (Å²) in [6, 6.07) is 1.07. The molecule has 5 heterocycles. The van der Waals surface area contributed by atoms with E-state index in [1.54, 1.807) is 0 Å². The molecule has 4 aliphatic heterocycles. The van der Waals surface area contributed by atoms with E-state index in [1.165, 1.54) is 6.92 Å². The topological polar surface area (TPSA) is 97.0 Å². The van der Waals surface area contributed by atoms with E-state index < -0.39 is 40.5 Å². The maximum Gasteiger partial charge on any atom is 0.418 e. The van der Waals surface area contributed by atoms with Crippen LogP contribution in [-0.2, 0) is 23.9 Å². The van der Waals surface area contributed by atoms with Crippen LogP contribution in [-0.4, -0.2) is 64.4 Å². The molecule has 2 aromatic rings. The second kappa shape index (κ2) is 11.4. The van der Waals surface area contributed by atoms with Crippen LogP contribution in [0.15, 0.2) is 18.2 Å². The van der Waals surface area contributed by atoms with Gasteiger partial charge in [-0.3, -0.25) is 4.90 Å². The van der Waals surface area contributed by atoms with Crippen LogP contribution in [0.4, 0.5) is 29.1 Å². The predicted octanol–water partition coefficient (Wildman–Crippen LogP) is 5.32. The molecule has 0 bridgehead atoms. The molecule has 1 aliphatic carbocycles. The lowest BCUT2D eigenvalue weighted by atomic mass is 9.62. The highest BCUT2D eigenvalue weighted by Crippen LogP contribution is 2.50. The van der Waals surface area contributed by atoms with E-state index in [9.17, 15) is 18.3 Å². The fraction of sp³-hybridized carbons (Fsp3) is 0.588. The van der Waals surface area contributed by atoms with Crippen molar-refractivity contribution in [1.82, 2.24) is 14.9 Å². The van der Waals surface area contributed by atoms with Gasteiger partial charge >= 0.3 is 12.2 Å². The summed E-state index contributed by atoms with van der Waals surface area (Å²) in [5, 5.41) is 10.1. The number of nitrogens with zero attached hydrogens (tertiary/aromatic N) is 4. The molecule has 4 fully saturated rings. The average molecular weight is 642 g/mol. The van der Waals surface area contributed by atoms with E-state index in [2.05, 4.69) is 28.2 Å². The van der Waals surface area contributed by atoms with E-state index in [-0.39, 0.29) is 36.1 Å². The van der Waals surface area contributed by atoms with E-state index in [1.807, 2.05) is 0 Å². The number of nitrogens with two attached hydrogens (primary N) is 1. The molecule has 1 aromatic carbocycles. The van der Waals surface area contributed by atoms with Gasteiger partial charge in [-0.05, 0) is 69.9 Å². The van der Waals surface area contributed by atoms with Crippen molar-refractivity contribution in [2.45, 2.75) is 88.8 Å². The molecule has 1 spiro atoms. The van der Waals surface area contributed by atoms with Crippen LogP contribution in [0.2, 0.25) is 0 Å². The monoisotopic (exact) mass is 641 g/mol. The molecule has 246 valence electrons. The minimum Gasteiger partial charge on any atom is -0.461 e. The quantitative estimate of drug-likeness (QED) is 0.196. The molecule has 3 N–H and O–H groups in total. The van der Waals surface area contributed by atoms with Crippen LogP contribution in [0.3, 0.4) is 0 Å². The molecule has 0 unspecified atom stereocenters. The molecule has 7 rings (SSSR count). The number of aliphatic hydroxyl groups excluding tert-OH is 1. The molecule has 5 aliphatic rings. The Kier molecular flexibility index (Phi) is 7.73. The Morgan fingerprint density at radius 3 is 2.74 bits per heavy atom. The van der Waals surface area contributed by atoms with Crippen LogP contribution >= 0.6 is 0 Å². The van der Waals surface area contributed by atoms with E-state index in [0.29, 0.717) is 30.2 Å². The summed E-state index contributed by atoms with van der Waals surface area (Å²) in [5.74, 6) is 4.37. The highest BCUT2D eigenvalue weighted by molar-refractivity contribution is 5.59. The first-order valence-corrected chi connectivity index (χ1v) is 16.0. The summed E-state index contributed by atoms with van der Waals surface area (Å²) in [4.78, 5) is 14.2. The smallest absolute Gasteiger partial charge is 0.418 e. The van der Waals surface area contributed by atoms with Crippen molar-refractivity contribution in [2.24, 2.45) is 5.41 Å². The van der Waals surface area contributed by atoms with Gasteiger partial charge in [-0.25, -0.2) is 4.39 Å². The van der Waals surface area contributed by atoms with Gasteiger partial charge in [0.2, 0.25) is 0 Å². The SMILES string of the molecule is C=C1CN2CCC[C@@]2(COc2nc3c(c(N4CCCC5(CC(O)C5)C4)n2)CO[C@H](c2c(F)c(N)cc(C#CC)c2C(F)(F)F)C3)C1. The van der Waals surface area contributed by atoms with Gasteiger partial charge in [-0.15, -0.1) is 5.92 Å². The van der Waals surface area contributed by atoms with Crippen molar-refractivity contribution in [1.29, 1.82) is 0 Å². The number of ether oxygens (including phenoxy) is 2. The second-order valence-corrected chi connectivity index (χ2v) is 13.8. The Hall–Kier alpha value is -3.40. The van der Waals surface area contributed by atoms with Crippen molar-refractivity contribution in [3.63, 3.8) is 0 Å². The number of aliphatic hydroxyl groups is 1. The first-order valence-electron chi connectivity index (χ1n) is 16.0. The molecule has 1 saturated carbocycles. The molecular formula is C34H39F4N5O3. The number of halogens is 4. The van der Waals surface area contributed by atoms with Gasteiger partial charge in [-0.1, -0.05) is 18.1 Å². The summed E-state index contributed by atoms with van der Waals surface area (Å²) in [7, 11) is 0. The van der Waals surface area contributed by atoms with E-state index in [0.717, 1.165) is 76.2 Å². The van der Waals surface area contributed by atoms with Gasteiger partial charge < -0.3 is 25.2 Å². The van der Waals surface area contributed by atoms with Crippen molar-refractivity contribution in [3.8, 4) is 17.9 Å². The summed E-state index contributed by atoms with van der Waals surface area (Å²) in [6.07, 6.45) is -0.424. The summed E-state index contributed by atoms with van der Waals surface area (Å²) in [5.41, 5.74) is 5.28. The molecule has 0 radical (unpaired) electrons. The highest BCUT2D eigenvalue weighted by Gasteiger charge is 2.49. The fourth-order valence-electron chi connectivity index (χ4n) is 8.59. The zero-order valence-electron chi connectivity index (χ0n) is 26.0. The summed E-state index contributed by atoms with van der Waals surface area (Å²) in [6.45, 7) is 9.08. The highest BCUT2D eigenvalue weighted by atomic mass is 19.4. The molecule has 2 atom stereocenters. The molecule has 1 aromatic heterocycles. The number of nitrogen functional groups attached to an aromatic ring is 1. The van der Waals surface area contributed by atoms with Crippen LogP contribution < -0.4 is 15.4 Å². The third-order valence-corrected chi connectivity index (χ3v) is 10.6. The first-order chi connectivity index (χ1) is 21.9. The predicted molar refractivity (Wildman–Crippen MR) is 164 cm³/mol. The Labute approximate surface area is 266 Å². The lowest BCUT2D eigenvalue weighted by Gasteiger charge is -2.51. The van der Waals surface area contributed by atoms with Crippen LogP contribution in [0.25, 0.3) is 0 Å². The summed E-state index contributed by atoms with van der Waals surface area (Å²) < 4.78 is 71.4. The Morgan fingerprint density at radius 1 is 1.22 bits per heavy atom. The first kappa shape index (κ1) is 31.2. The van der Waals surface area contributed by atoms with Crippen molar-refractivity contribution in [3.05, 3.63) is 52.0 Å². The fourth-order valence-corrected chi connectivity index (χ4v) is 8.59. The van der Waals surface area contributed by atoms with Crippen LogP contribution in [0.1, 0.15) is 85.9 Å². The van der Waals surface area contributed by atoms with Crippen LogP contribution in [0.5, 0.6) is 6.01 Å². The van der Waals surface area contributed by atoms with Gasteiger partial charge in [0.25, 0.3) is 0 Å². The normalized spacial score (nSPS) is 29.3. The maximum atomic E-state index is 15.6. The van der Waals surface area contributed by atoms with Gasteiger partial charge in [0.15, 0.2) is 5.82 Å². The number of anilines is 2. The molecule has 12 heteroatoms. The Morgan fingerprint density at radius 2 is 2.00 bits per heavy atom. The average Bonchev–Trinajstić information content (AvgIpc) is 3.51. The number of hydrogen-bond acceptors (Lipinski definition) is 8. The zero-order chi connectivity index (χ0) is 32.4. The number of piperidine rings is 1. The van der Waals surface area contributed by atoms with E-state index in [4.69, 9.17) is 25.2 Å². The van der Waals surface area contributed by atoms with Gasteiger partial charge in [0.1, 0.15) is 12.4 Å². The molecule has 8 nitrogen and oxygen atoms in total. The minimum absolute atomic E-state index is 0.00881. The number of alkyl halides is 3. The maximum absolute atomic E-state index is 15.6. The Balaban J connectivity index is 1.27. The zero-order valence-corrected chi connectivity index (χ0v) is 26.0. The molecule has 0 amide bonds. The van der Waals surface area contributed by atoms with E-state index >= 15 is 4.39 Å². The van der Waals surface area contributed by atoms with Gasteiger partial charge in [0.05, 0.1) is 41.3 Å². The molecular weight excluding hydrogens is 602 g/mol. The Bertz CT molecular complexity index is 1620. The lowest BCUT2D eigenvalue weighted by Crippen LogP contribution is -2.53. The number of rotatable bonds is 5. The van der Waals surface area contributed by atoms with Crippen molar-refractivity contribution >= 4 is 11.5 Å². The van der Waals surface area contributed by atoms with Crippen molar-refractivity contribution < 1.29 is 32.1 Å². The number of hydrogen-bond donors (Lipinski definition) is 2. The largest absolute Gasteiger partial charge is 0.461 e. The number of aromatic nitrogens is 2. The molecule has 46 heavy (non-hydrogen) atoms. The van der Waals surface area contributed by atoms with Gasteiger partial charge in [0, 0.05) is 42.7 Å². The number of fused-ring (bicyclic) bond motifs is 2. The standard InChI is InChI=1S/C34H39F4N5O3/c1-3-6-21-11-24(39)29(35)27(28(21)34(36,37)38)26-12-25-23(17-45-26)30(42-9-4-7-32(18-42)14-22(44)15-32)41-31(40-25)46-19-33-8-5-10-43(33)16-20(2)13-33/h11,22,26,44H,2,4-5,7-10,12-19,39H2,1H3/t22?,26-,32?,33-/m0/s1.